The number of carbonyl (C=O) groups excluding carboxylic acids is 1. The molecule has 2 atom stereocenters. The van der Waals surface area contributed by atoms with E-state index in [9.17, 15) is 4.79 Å². The van der Waals surface area contributed by atoms with Crippen LogP contribution in [0.3, 0.4) is 0 Å². The molecule has 0 saturated carbocycles. The van der Waals surface area contributed by atoms with Gasteiger partial charge in [-0.1, -0.05) is 5.16 Å². The fraction of sp³-hybridized carbons (Fsp3) is 0.667. The van der Waals surface area contributed by atoms with Gasteiger partial charge in [-0.05, 0) is 40.2 Å². The topological polar surface area (TPSA) is 67.2 Å². The molecule has 1 fully saturated rings. The molecule has 94 valence electrons. The van der Waals surface area contributed by atoms with E-state index in [1.165, 1.54) is 0 Å². The lowest BCUT2D eigenvalue weighted by Crippen LogP contribution is -2.41. The van der Waals surface area contributed by atoms with E-state index in [2.05, 4.69) is 15.8 Å². The maximum absolute atomic E-state index is 11.9. The molecule has 0 radical (unpaired) electrons. The molecular weight excluding hydrogens is 218 g/mol. The van der Waals surface area contributed by atoms with E-state index in [1.54, 1.807) is 0 Å². The Labute approximate surface area is 101 Å². The van der Waals surface area contributed by atoms with Crippen molar-refractivity contribution >= 4 is 5.91 Å². The molecule has 2 rings (SSSR count). The maximum Gasteiger partial charge on any atom is 0.237 e. The fourth-order valence-corrected chi connectivity index (χ4v) is 2.40. The lowest BCUT2D eigenvalue weighted by atomic mass is 10.1. The first kappa shape index (κ1) is 12.1. The molecule has 2 heterocycles. The van der Waals surface area contributed by atoms with Crippen LogP contribution in [-0.4, -0.2) is 23.7 Å². The largest absolute Gasteiger partial charge is 0.361 e. The summed E-state index contributed by atoms with van der Waals surface area (Å²) < 4.78 is 5.11. The second-order valence-corrected chi connectivity index (χ2v) is 4.62. The number of aromatic nitrogens is 1. The Morgan fingerprint density at radius 2 is 2.35 bits per heavy atom. The summed E-state index contributed by atoms with van der Waals surface area (Å²) in [5.74, 6) is 0.838. The maximum atomic E-state index is 11.9. The molecule has 0 bridgehead atoms. The van der Waals surface area contributed by atoms with Crippen LogP contribution in [0.25, 0.3) is 0 Å². The molecule has 0 aliphatic carbocycles. The Morgan fingerprint density at radius 1 is 1.59 bits per heavy atom. The van der Waals surface area contributed by atoms with Crippen molar-refractivity contribution in [2.24, 2.45) is 0 Å². The van der Waals surface area contributed by atoms with Gasteiger partial charge in [0.1, 0.15) is 5.76 Å². The van der Waals surface area contributed by atoms with Gasteiger partial charge in [0, 0.05) is 5.56 Å². The number of carbonyl (C=O) groups is 1. The van der Waals surface area contributed by atoms with Gasteiger partial charge < -0.3 is 15.2 Å². The van der Waals surface area contributed by atoms with E-state index < -0.39 is 0 Å². The molecular formula is C12H19N3O2. The molecule has 0 aromatic carbocycles. The zero-order chi connectivity index (χ0) is 12.4. The number of aryl methyl sites for hydroxylation is 2. The van der Waals surface area contributed by atoms with Crippen LogP contribution in [-0.2, 0) is 4.79 Å². The summed E-state index contributed by atoms with van der Waals surface area (Å²) in [4.78, 5) is 11.9. The molecule has 1 amide bonds. The molecule has 17 heavy (non-hydrogen) atoms. The number of hydrogen-bond donors (Lipinski definition) is 2. The van der Waals surface area contributed by atoms with Crippen molar-refractivity contribution in [3.8, 4) is 0 Å². The Balaban J connectivity index is 2.01. The summed E-state index contributed by atoms with van der Waals surface area (Å²) in [5.41, 5.74) is 1.83. The van der Waals surface area contributed by atoms with E-state index in [1.807, 2.05) is 20.8 Å². The Kier molecular flexibility index (Phi) is 3.47. The molecule has 5 nitrogen and oxygen atoms in total. The minimum atomic E-state index is -0.0591. The molecule has 1 aromatic heterocycles. The highest BCUT2D eigenvalue weighted by molar-refractivity contribution is 5.82. The van der Waals surface area contributed by atoms with Crippen molar-refractivity contribution in [1.29, 1.82) is 0 Å². The standard InChI is InChI=1S/C12H19N3O2/c1-7(11-8(2)15-17-9(11)3)14-12(16)10-5-4-6-13-10/h7,10,13H,4-6H2,1-3H3,(H,14,16). The molecule has 1 aromatic rings. The lowest BCUT2D eigenvalue weighted by molar-refractivity contribution is -0.123. The van der Waals surface area contributed by atoms with Crippen molar-refractivity contribution in [2.45, 2.75) is 45.7 Å². The van der Waals surface area contributed by atoms with Crippen molar-refractivity contribution in [1.82, 2.24) is 15.8 Å². The quantitative estimate of drug-likeness (QED) is 0.829. The molecule has 1 aliphatic rings. The second kappa shape index (κ2) is 4.87. The molecule has 1 aliphatic heterocycles. The van der Waals surface area contributed by atoms with E-state index in [4.69, 9.17) is 4.52 Å². The third kappa shape index (κ3) is 2.49. The normalized spacial score (nSPS) is 21.5. The highest BCUT2D eigenvalue weighted by Gasteiger charge is 2.25. The monoisotopic (exact) mass is 237 g/mol. The Hall–Kier alpha value is -1.36. The first-order chi connectivity index (χ1) is 8.09. The third-order valence-corrected chi connectivity index (χ3v) is 3.26. The van der Waals surface area contributed by atoms with E-state index >= 15 is 0 Å². The molecule has 5 heteroatoms. The molecule has 0 spiro atoms. The Bertz CT molecular complexity index is 388. The number of amides is 1. The van der Waals surface area contributed by atoms with E-state index in [0.717, 1.165) is 36.4 Å². The summed E-state index contributed by atoms with van der Waals surface area (Å²) in [5, 5.41) is 10.1. The lowest BCUT2D eigenvalue weighted by Gasteiger charge is -2.17. The zero-order valence-corrected chi connectivity index (χ0v) is 10.5. The summed E-state index contributed by atoms with van der Waals surface area (Å²) in [6.07, 6.45) is 1.98. The average Bonchev–Trinajstić information content (AvgIpc) is 2.88. The van der Waals surface area contributed by atoms with Gasteiger partial charge in [0.05, 0.1) is 17.8 Å². The summed E-state index contributed by atoms with van der Waals surface area (Å²) >= 11 is 0. The van der Waals surface area contributed by atoms with Crippen molar-refractivity contribution < 1.29 is 9.32 Å². The van der Waals surface area contributed by atoms with Crippen LogP contribution in [0.1, 0.15) is 42.8 Å². The minimum Gasteiger partial charge on any atom is -0.361 e. The predicted molar refractivity (Wildman–Crippen MR) is 63.6 cm³/mol. The third-order valence-electron chi connectivity index (χ3n) is 3.26. The van der Waals surface area contributed by atoms with Crippen LogP contribution in [0, 0.1) is 13.8 Å². The smallest absolute Gasteiger partial charge is 0.237 e. The summed E-state index contributed by atoms with van der Waals surface area (Å²) in [7, 11) is 0. The van der Waals surface area contributed by atoms with Gasteiger partial charge in [0.15, 0.2) is 0 Å². The van der Waals surface area contributed by atoms with Gasteiger partial charge in [-0.3, -0.25) is 4.79 Å². The van der Waals surface area contributed by atoms with Gasteiger partial charge in [-0.2, -0.15) is 0 Å². The average molecular weight is 237 g/mol. The highest BCUT2D eigenvalue weighted by Crippen LogP contribution is 2.21. The van der Waals surface area contributed by atoms with Crippen LogP contribution in [0.4, 0.5) is 0 Å². The van der Waals surface area contributed by atoms with Crippen molar-refractivity contribution in [2.75, 3.05) is 6.54 Å². The fourth-order valence-electron chi connectivity index (χ4n) is 2.40. The van der Waals surface area contributed by atoms with E-state index in [0.29, 0.717) is 0 Å². The number of nitrogens with zero attached hydrogens (tertiary/aromatic N) is 1. The van der Waals surface area contributed by atoms with Gasteiger partial charge in [0.2, 0.25) is 5.91 Å². The SMILES string of the molecule is Cc1noc(C)c1C(C)NC(=O)C1CCCN1. The van der Waals surface area contributed by atoms with Gasteiger partial charge >= 0.3 is 0 Å². The van der Waals surface area contributed by atoms with Crippen LogP contribution in [0.5, 0.6) is 0 Å². The predicted octanol–water partition coefficient (Wildman–Crippen LogP) is 1.22. The van der Waals surface area contributed by atoms with Gasteiger partial charge in [-0.25, -0.2) is 0 Å². The number of rotatable bonds is 3. The van der Waals surface area contributed by atoms with E-state index in [-0.39, 0.29) is 18.0 Å². The minimum absolute atomic E-state index is 0.0436. The Morgan fingerprint density at radius 3 is 2.88 bits per heavy atom. The molecule has 2 N–H and O–H groups in total. The summed E-state index contributed by atoms with van der Waals surface area (Å²) in [6.45, 7) is 6.64. The molecule has 2 unspecified atom stereocenters. The number of nitrogens with one attached hydrogen (secondary N) is 2. The second-order valence-electron chi connectivity index (χ2n) is 4.62. The van der Waals surface area contributed by atoms with Gasteiger partial charge in [0.25, 0.3) is 0 Å². The van der Waals surface area contributed by atoms with Crippen molar-refractivity contribution in [3.05, 3.63) is 17.0 Å². The first-order valence-corrected chi connectivity index (χ1v) is 6.06. The van der Waals surface area contributed by atoms with Crippen LogP contribution >= 0.6 is 0 Å². The first-order valence-electron chi connectivity index (χ1n) is 6.06. The molecule has 1 saturated heterocycles. The zero-order valence-electron chi connectivity index (χ0n) is 10.5. The van der Waals surface area contributed by atoms with Crippen LogP contribution in [0.2, 0.25) is 0 Å². The van der Waals surface area contributed by atoms with Crippen molar-refractivity contribution in [3.63, 3.8) is 0 Å². The summed E-state index contributed by atoms with van der Waals surface area (Å²) in [6, 6.07) is -0.103. The van der Waals surface area contributed by atoms with Crippen LogP contribution < -0.4 is 10.6 Å². The number of hydrogen-bond acceptors (Lipinski definition) is 4. The highest BCUT2D eigenvalue weighted by atomic mass is 16.5. The van der Waals surface area contributed by atoms with Crippen LogP contribution in [0.15, 0.2) is 4.52 Å². The van der Waals surface area contributed by atoms with Gasteiger partial charge in [-0.15, -0.1) is 0 Å².